The molecule has 0 unspecified atom stereocenters. The zero-order valence-corrected chi connectivity index (χ0v) is 16.7. The molecule has 2 aromatic carbocycles. The van der Waals surface area contributed by atoms with Gasteiger partial charge in [0.15, 0.2) is 17.3 Å². The molecule has 1 amide bonds. The number of hydrogen-bond donors (Lipinski definition) is 0. The second-order valence-electron chi connectivity index (χ2n) is 6.98. The van der Waals surface area contributed by atoms with Crippen molar-refractivity contribution in [1.82, 2.24) is 4.90 Å². The van der Waals surface area contributed by atoms with Gasteiger partial charge in [-0.2, -0.15) is 0 Å². The Labute approximate surface area is 173 Å². The minimum Gasteiger partial charge on any atom is -0.454 e. The summed E-state index contributed by atoms with van der Waals surface area (Å²) in [5.74, 6) is 0.0417. The van der Waals surface area contributed by atoms with E-state index in [2.05, 4.69) is 0 Å². The molecule has 0 N–H and O–H groups in total. The van der Waals surface area contributed by atoms with Gasteiger partial charge in [0.2, 0.25) is 6.79 Å². The zero-order chi connectivity index (χ0) is 21.7. The molecule has 3 rings (SSSR count). The van der Waals surface area contributed by atoms with E-state index in [9.17, 15) is 19.7 Å². The normalized spacial score (nSPS) is 12.0. The molecule has 0 aromatic heterocycles. The summed E-state index contributed by atoms with van der Waals surface area (Å²) in [6, 6.07) is 11.5. The SMILES string of the molecule is CC(C)N(CCC(=O)c1cc2c(cc1[N+](=O)[O-])OCO2)C(=O)OCc1ccccc1. The molecule has 2 aromatic rings. The Morgan fingerprint density at radius 3 is 2.47 bits per heavy atom. The number of ether oxygens (including phenoxy) is 3. The molecule has 1 aliphatic heterocycles. The Bertz CT molecular complexity index is 944. The van der Waals surface area contributed by atoms with Crippen molar-refractivity contribution in [3.8, 4) is 11.5 Å². The lowest BCUT2D eigenvalue weighted by molar-refractivity contribution is -0.385. The van der Waals surface area contributed by atoms with Crippen LogP contribution in [0.4, 0.5) is 10.5 Å². The van der Waals surface area contributed by atoms with Crippen LogP contribution in [-0.2, 0) is 11.3 Å². The predicted octanol–water partition coefficient (Wildman–Crippen LogP) is 3.94. The van der Waals surface area contributed by atoms with E-state index in [1.54, 1.807) is 13.8 Å². The highest BCUT2D eigenvalue weighted by molar-refractivity contribution is 6.01. The van der Waals surface area contributed by atoms with Crippen LogP contribution < -0.4 is 9.47 Å². The number of carbonyl (C=O) groups excluding carboxylic acids is 2. The Morgan fingerprint density at radius 1 is 1.17 bits per heavy atom. The number of benzene rings is 2. The quantitative estimate of drug-likeness (QED) is 0.366. The maximum atomic E-state index is 12.7. The van der Waals surface area contributed by atoms with Crippen molar-refractivity contribution in [3.63, 3.8) is 0 Å². The molecule has 0 bridgehead atoms. The van der Waals surface area contributed by atoms with Crippen molar-refractivity contribution in [2.24, 2.45) is 0 Å². The number of nitro groups is 1. The number of hydrogen-bond acceptors (Lipinski definition) is 7. The molecule has 0 atom stereocenters. The minimum absolute atomic E-state index is 0.0570. The van der Waals surface area contributed by atoms with E-state index in [4.69, 9.17) is 14.2 Å². The lowest BCUT2D eigenvalue weighted by Crippen LogP contribution is -2.38. The second-order valence-corrected chi connectivity index (χ2v) is 6.98. The first-order valence-electron chi connectivity index (χ1n) is 9.45. The summed E-state index contributed by atoms with van der Waals surface area (Å²) in [4.78, 5) is 37.4. The predicted molar refractivity (Wildman–Crippen MR) is 107 cm³/mol. The lowest BCUT2D eigenvalue weighted by Gasteiger charge is -2.25. The number of amides is 1. The van der Waals surface area contributed by atoms with Gasteiger partial charge in [-0.3, -0.25) is 14.9 Å². The zero-order valence-electron chi connectivity index (χ0n) is 16.7. The molecule has 9 nitrogen and oxygen atoms in total. The van der Waals surface area contributed by atoms with E-state index < -0.39 is 16.8 Å². The Hall–Kier alpha value is -3.62. The summed E-state index contributed by atoms with van der Waals surface area (Å²) in [5, 5.41) is 11.4. The van der Waals surface area contributed by atoms with E-state index in [-0.39, 0.29) is 55.2 Å². The number of nitro benzene ring substituents is 1. The highest BCUT2D eigenvalue weighted by Crippen LogP contribution is 2.38. The van der Waals surface area contributed by atoms with Crippen molar-refractivity contribution < 1.29 is 28.7 Å². The van der Waals surface area contributed by atoms with E-state index >= 15 is 0 Å². The number of nitrogens with zero attached hydrogens (tertiary/aromatic N) is 2. The van der Waals surface area contributed by atoms with Gasteiger partial charge in [-0.1, -0.05) is 30.3 Å². The van der Waals surface area contributed by atoms with Gasteiger partial charge in [0, 0.05) is 25.1 Å². The van der Waals surface area contributed by atoms with Gasteiger partial charge in [-0.25, -0.2) is 4.79 Å². The number of carbonyl (C=O) groups is 2. The molecule has 0 saturated carbocycles. The molecule has 30 heavy (non-hydrogen) atoms. The van der Waals surface area contributed by atoms with E-state index in [1.165, 1.54) is 17.0 Å². The van der Waals surface area contributed by atoms with Crippen LogP contribution in [0.25, 0.3) is 0 Å². The molecular weight excluding hydrogens is 392 g/mol. The minimum atomic E-state index is -0.635. The van der Waals surface area contributed by atoms with Crippen LogP contribution in [0.5, 0.6) is 11.5 Å². The van der Waals surface area contributed by atoms with Gasteiger partial charge < -0.3 is 19.1 Å². The average molecular weight is 414 g/mol. The fraction of sp³-hybridized carbons (Fsp3) is 0.333. The van der Waals surface area contributed by atoms with Crippen molar-refractivity contribution in [3.05, 3.63) is 63.7 Å². The molecule has 0 spiro atoms. The van der Waals surface area contributed by atoms with Crippen molar-refractivity contribution in [2.45, 2.75) is 32.9 Å². The molecule has 1 heterocycles. The molecule has 0 fully saturated rings. The topological polar surface area (TPSA) is 108 Å². The molecule has 158 valence electrons. The van der Waals surface area contributed by atoms with Gasteiger partial charge in [0.05, 0.1) is 16.6 Å². The summed E-state index contributed by atoms with van der Waals surface area (Å²) in [6.45, 7) is 3.73. The largest absolute Gasteiger partial charge is 0.454 e. The number of Topliss-reactive ketones (excluding diaryl/α,β-unsaturated/α-hetero) is 1. The summed E-state index contributed by atoms with van der Waals surface area (Å²) in [5.41, 5.74) is 0.416. The van der Waals surface area contributed by atoms with Gasteiger partial charge in [0.1, 0.15) is 6.61 Å². The summed E-state index contributed by atoms with van der Waals surface area (Å²) in [7, 11) is 0. The Balaban J connectivity index is 1.67. The van der Waals surface area contributed by atoms with Crippen molar-refractivity contribution in [1.29, 1.82) is 0 Å². The van der Waals surface area contributed by atoms with Crippen LogP contribution in [0.2, 0.25) is 0 Å². The summed E-state index contributed by atoms with van der Waals surface area (Å²) in [6.07, 6.45) is -0.652. The number of ketones is 1. The standard InChI is InChI=1S/C21H22N2O7/c1-14(2)22(21(25)28-12-15-6-4-3-5-7-15)9-8-18(24)16-10-19-20(30-13-29-19)11-17(16)23(26)27/h3-7,10-11,14H,8-9,12-13H2,1-2H3. The maximum absolute atomic E-state index is 12.7. The second kappa shape index (κ2) is 9.25. The van der Waals surface area contributed by atoms with Crippen LogP contribution in [-0.4, -0.2) is 41.1 Å². The molecule has 9 heteroatoms. The van der Waals surface area contributed by atoms with Crippen molar-refractivity contribution in [2.75, 3.05) is 13.3 Å². The van der Waals surface area contributed by atoms with E-state index in [1.807, 2.05) is 30.3 Å². The molecular formula is C21H22N2O7. The summed E-state index contributed by atoms with van der Waals surface area (Å²) >= 11 is 0. The third-order valence-electron chi connectivity index (χ3n) is 4.63. The number of rotatable bonds is 8. The van der Waals surface area contributed by atoms with Gasteiger partial charge in [-0.05, 0) is 19.4 Å². The van der Waals surface area contributed by atoms with Gasteiger partial charge in [0.25, 0.3) is 5.69 Å². The highest BCUT2D eigenvalue weighted by atomic mass is 16.7. The Morgan fingerprint density at radius 2 is 1.83 bits per heavy atom. The molecule has 1 aliphatic rings. The third kappa shape index (κ3) is 4.86. The highest BCUT2D eigenvalue weighted by Gasteiger charge is 2.28. The first kappa shape index (κ1) is 21.1. The van der Waals surface area contributed by atoms with Crippen LogP contribution >= 0.6 is 0 Å². The van der Waals surface area contributed by atoms with Crippen LogP contribution in [0, 0.1) is 10.1 Å². The van der Waals surface area contributed by atoms with Crippen LogP contribution in [0.1, 0.15) is 36.2 Å². The maximum Gasteiger partial charge on any atom is 0.410 e. The first-order valence-corrected chi connectivity index (χ1v) is 9.45. The fourth-order valence-electron chi connectivity index (χ4n) is 3.02. The monoisotopic (exact) mass is 414 g/mol. The lowest BCUT2D eigenvalue weighted by atomic mass is 10.0. The molecule has 0 radical (unpaired) electrons. The number of fused-ring (bicyclic) bond motifs is 1. The smallest absolute Gasteiger partial charge is 0.410 e. The molecule has 0 aliphatic carbocycles. The summed E-state index contributed by atoms with van der Waals surface area (Å²) < 4.78 is 15.7. The van der Waals surface area contributed by atoms with Crippen LogP contribution in [0.3, 0.4) is 0 Å². The van der Waals surface area contributed by atoms with E-state index in [0.717, 1.165) is 5.56 Å². The fourth-order valence-corrected chi connectivity index (χ4v) is 3.02. The van der Waals surface area contributed by atoms with Crippen molar-refractivity contribution >= 4 is 17.6 Å². The Kier molecular flexibility index (Phi) is 6.51. The first-order chi connectivity index (χ1) is 14.4. The third-order valence-corrected chi connectivity index (χ3v) is 4.63. The average Bonchev–Trinajstić information content (AvgIpc) is 3.19. The van der Waals surface area contributed by atoms with Crippen LogP contribution in [0.15, 0.2) is 42.5 Å². The van der Waals surface area contributed by atoms with Gasteiger partial charge in [-0.15, -0.1) is 0 Å². The molecule has 0 saturated heterocycles. The van der Waals surface area contributed by atoms with E-state index in [0.29, 0.717) is 0 Å². The van der Waals surface area contributed by atoms with Gasteiger partial charge >= 0.3 is 6.09 Å².